The van der Waals surface area contributed by atoms with Crippen molar-refractivity contribution in [2.24, 2.45) is 0 Å². The van der Waals surface area contributed by atoms with Gasteiger partial charge in [-0.3, -0.25) is 0 Å². The highest BCUT2D eigenvalue weighted by Crippen LogP contribution is 2.42. The molecule has 0 saturated carbocycles. The minimum atomic E-state index is 0.311. The Morgan fingerprint density at radius 2 is 0.681 bits per heavy atom. The zero-order valence-corrected chi connectivity index (χ0v) is 40.4. The number of H-pyrrole nitrogens is 2. The minimum Gasteiger partial charge on any atom is -0.354 e. The van der Waals surface area contributed by atoms with Gasteiger partial charge >= 0.3 is 0 Å². The summed E-state index contributed by atoms with van der Waals surface area (Å²) in [6, 6.07) is 39.8. The maximum Gasteiger partial charge on any atom is 0.101 e. The van der Waals surface area contributed by atoms with Crippen LogP contribution in [-0.4, -0.2) is 19.9 Å². The van der Waals surface area contributed by atoms with Crippen LogP contribution in [0.3, 0.4) is 0 Å². The average Bonchev–Trinajstić information content (AvgIpc) is 4.16. The molecule has 6 nitrogen and oxygen atoms in total. The number of benzene rings is 5. The second kappa shape index (κ2) is 17.5. The lowest BCUT2D eigenvalue weighted by Gasteiger charge is -2.14. The van der Waals surface area contributed by atoms with Crippen molar-refractivity contribution in [1.29, 1.82) is 10.5 Å². The van der Waals surface area contributed by atoms with Gasteiger partial charge in [0.15, 0.2) is 0 Å². The lowest BCUT2D eigenvalue weighted by Crippen LogP contribution is -1.96. The van der Waals surface area contributed by atoms with Crippen molar-refractivity contribution >= 4 is 46.4 Å². The molecule has 2 aliphatic rings. The number of fused-ring (bicyclic) bond motifs is 8. The number of nitrogens with one attached hydrogen (secondary N) is 2. The van der Waals surface area contributed by atoms with Crippen LogP contribution in [0.1, 0.15) is 95.1 Å². The van der Waals surface area contributed by atoms with Gasteiger partial charge in [-0.2, -0.15) is 10.5 Å². The van der Waals surface area contributed by atoms with Crippen molar-refractivity contribution in [3.8, 4) is 68.5 Å². The number of nitrogens with zero attached hydrogens (tertiary/aromatic N) is 4. The number of aromatic amines is 2. The van der Waals surface area contributed by atoms with E-state index in [-0.39, 0.29) is 0 Å². The first-order chi connectivity index (χ1) is 33.3. The van der Waals surface area contributed by atoms with Gasteiger partial charge in [0, 0.05) is 55.4 Å². The van der Waals surface area contributed by atoms with Gasteiger partial charge in [-0.15, -0.1) is 0 Å². The summed E-state index contributed by atoms with van der Waals surface area (Å²) in [6.07, 6.45) is 8.64. The van der Waals surface area contributed by atoms with Gasteiger partial charge < -0.3 is 9.97 Å². The molecule has 5 aromatic carbocycles. The van der Waals surface area contributed by atoms with E-state index < -0.39 is 0 Å². The molecule has 8 bridgehead atoms. The summed E-state index contributed by atoms with van der Waals surface area (Å²) in [5.41, 5.74) is 28.7. The minimum absolute atomic E-state index is 0.311. The van der Waals surface area contributed by atoms with Gasteiger partial charge in [0.1, 0.15) is 12.1 Å². The summed E-state index contributed by atoms with van der Waals surface area (Å²) in [6.45, 7) is 19.6. The second-order valence-electron chi connectivity index (χ2n) is 18.6. The van der Waals surface area contributed by atoms with E-state index in [1.807, 2.05) is 12.1 Å². The van der Waals surface area contributed by atoms with Crippen molar-refractivity contribution in [2.45, 2.75) is 62.3 Å². The highest BCUT2D eigenvalue weighted by atomic mass is 14.8. The van der Waals surface area contributed by atoms with Gasteiger partial charge in [0.2, 0.25) is 0 Å². The van der Waals surface area contributed by atoms with E-state index in [4.69, 9.17) is 9.97 Å². The SMILES string of the molecule is Cc1cc(C)c(-c2c3nc(c(-c4c(C)cc(C)cc4C)c4ccc([nH]4)c(-c4c(C)cc(C)cc4C)c4nc(c(-c5ccc(C#Cc6ccc(C#N)c(C#N)c6)cc5)c5ccc2[nH]5)C=C4)C=C3)c(C)c1. The molecule has 0 fully saturated rings. The molecule has 3 aromatic heterocycles. The van der Waals surface area contributed by atoms with Gasteiger partial charge in [-0.05, 0) is 197 Å². The molecule has 0 saturated heterocycles. The van der Waals surface area contributed by atoms with Crippen LogP contribution >= 0.6 is 0 Å². The first-order valence-corrected chi connectivity index (χ1v) is 23.3. The van der Waals surface area contributed by atoms with Gasteiger partial charge in [-0.1, -0.05) is 77.1 Å². The Morgan fingerprint density at radius 3 is 1.06 bits per heavy atom. The second-order valence-corrected chi connectivity index (χ2v) is 18.6. The monoisotopic (exact) mass is 890 g/mol. The van der Waals surface area contributed by atoms with Crippen molar-refractivity contribution in [1.82, 2.24) is 19.9 Å². The maximum atomic E-state index is 9.59. The van der Waals surface area contributed by atoms with Crippen LogP contribution in [-0.2, 0) is 0 Å². The highest BCUT2D eigenvalue weighted by Gasteiger charge is 2.23. The fraction of sp³-hybridized carbons (Fsp3) is 0.143. The Balaban J connectivity index is 1.32. The lowest BCUT2D eigenvalue weighted by molar-refractivity contribution is 1.27. The Bertz CT molecular complexity index is 3770. The fourth-order valence-corrected chi connectivity index (χ4v) is 10.7. The van der Waals surface area contributed by atoms with Gasteiger partial charge in [0.25, 0.3) is 0 Å². The smallest absolute Gasteiger partial charge is 0.101 e. The molecule has 69 heavy (non-hydrogen) atoms. The molecule has 5 heterocycles. The molecule has 2 N–H and O–H groups in total. The number of rotatable bonds is 4. The van der Waals surface area contributed by atoms with Crippen LogP contribution in [0.2, 0.25) is 0 Å². The number of nitriles is 2. The molecule has 0 aliphatic carbocycles. The zero-order chi connectivity index (χ0) is 48.2. The van der Waals surface area contributed by atoms with Crippen molar-refractivity contribution in [3.05, 3.63) is 198 Å². The first kappa shape index (κ1) is 44.1. The summed E-state index contributed by atoms with van der Waals surface area (Å²) < 4.78 is 0. The third kappa shape index (κ3) is 8.05. The van der Waals surface area contributed by atoms with E-state index >= 15 is 0 Å². The summed E-state index contributed by atoms with van der Waals surface area (Å²) >= 11 is 0. The van der Waals surface area contributed by atoms with Gasteiger partial charge in [0.05, 0.1) is 33.9 Å². The van der Waals surface area contributed by atoms with Crippen molar-refractivity contribution < 1.29 is 0 Å². The molecule has 0 radical (unpaired) electrons. The summed E-state index contributed by atoms with van der Waals surface area (Å²) in [5, 5.41) is 19.0. The molecule has 332 valence electrons. The summed E-state index contributed by atoms with van der Waals surface area (Å²) in [7, 11) is 0. The molecule has 0 amide bonds. The first-order valence-electron chi connectivity index (χ1n) is 23.3. The van der Waals surface area contributed by atoms with E-state index in [1.54, 1.807) is 18.2 Å². The quantitative estimate of drug-likeness (QED) is 0.172. The van der Waals surface area contributed by atoms with Crippen LogP contribution in [0, 0.1) is 96.8 Å². The Kier molecular flexibility index (Phi) is 11.2. The molecule has 8 aromatic rings. The van der Waals surface area contributed by atoms with E-state index in [0.717, 1.165) is 89.4 Å². The van der Waals surface area contributed by atoms with Gasteiger partial charge in [-0.25, -0.2) is 9.97 Å². The molecule has 0 unspecified atom stereocenters. The van der Waals surface area contributed by atoms with Crippen LogP contribution in [0.15, 0.2) is 103 Å². The van der Waals surface area contributed by atoms with E-state index in [1.165, 1.54) is 55.6 Å². The Morgan fingerprint density at radius 1 is 0.348 bits per heavy atom. The van der Waals surface area contributed by atoms with E-state index in [9.17, 15) is 10.5 Å². The molecule has 0 atom stereocenters. The predicted molar refractivity (Wildman–Crippen MR) is 285 cm³/mol. The maximum absolute atomic E-state index is 9.59. The molecular formula is C63H50N6. The fourth-order valence-electron chi connectivity index (χ4n) is 10.7. The predicted octanol–water partition coefficient (Wildman–Crippen LogP) is 15.2. The van der Waals surface area contributed by atoms with Crippen LogP contribution in [0.25, 0.3) is 90.9 Å². The topological polar surface area (TPSA) is 105 Å². The highest BCUT2D eigenvalue weighted by molar-refractivity contribution is 6.01. The Hall–Kier alpha value is -8.76. The van der Waals surface area contributed by atoms with Crippen LogP contribution in [0.4, 0.5) is 0 Å². The summed E-state index contributed by atoms with van der Waals surface area (Å²) in [4.78, 5) is 19.1. The molecule has 2 aliphatic heterocycles. The number of hydrogen-bond acceptors (Lipinski definition) is 4. The largest absolute Gasteiger partial charge is 0.354 e. The zero-order valence-electron chi connectivity index (χ0n) is 40.4. The number of aryl methyl sites for hydroxylation is 9. The lowest BCUT2D eigenvalue weighted by atomic mass is 9.92. The number of aromatic nitrogens is 4. The normalized spacial score (nSPS) is 11.6. The third-order valence-corrected chi connectivity index (χ3v) is 13.3. The molecule has 10 rings (SSSR count). The van der Waals surface area contributed by atoms with E-state index in [0.29, 0.717) is 16.7 Å². The Labute approximate surface area is 404 Å². The number of hydrogen-bond donors (Lipinski definition) is 2. The van der Waals surface area contributed by atoms with Crippen molar-refractivity contribution in [2.75, 3.05) is 0 Å². The third-order valence-electron chi connectivity index (χ3n) is 13.3. The standard InChI is InChI=1S/C63H50N6/c1-35-26-38(4)57(39(5)27-35)61-51-20-18-49(66-51)60(46-15-12-44(13-16-46)10-11-45-14-17-47(33-64)48(32-45)34-65)50-19-21-52(67-50)62(58-40(6)28-36(2)29-41(58)7)54-23-25-56(69-54)63(55-24-22-53(61)68-55)59-42(8)30-37(3)31-43(59)9/h12-32,66,69H,1-9H3. The average molecular weight is 891 g/mol. The van der Waals surface area contributed by atoms with Crippen LogP contribution in [0.5, 0.6) is 0 Å². The molecule has 0 spiro atoms. The summed E-state index contributed by atoms with van der Waals surface area (Å²) in [5.74, 6) is 6.46. The molecule has 6 heteroatoms. The van der Waals surface area contributed by atoms with Crippen molar-refractivity contribution in [3.63, 3.8) is 0 Å². The van der Waals surface area contributed by atoms with E-state index in [2.05, 4.69) is 193 Å². The molecular weight excluding hydrogens is 841 g/mol. The van der Waals surface area contributed by atoms with Crippen LogP contribution < -0.4 is 0 Å².